The van der Waals surface area contributed by atoms with Crippen molar-refractivity contribution in [3.63, 3.8) is 0 Å². The second kappa shape index (κ2) is 8.12. The first-order valence-corrected chi connectivity index (χ1v) is 10.2. The SMILES string of the molecule is CCCNC(=O)C1CCCN1S(=O)(=O)c1ccc(C(C)CC)cc1. The summed E-state index contributed by atoms with van der Waals surface area (Å²) in [6, 6.07) is 6.49. The molecule has 0 aliphatic carbocycles. The molecule has 0 aromatic heterocycles. The third kappa shape index (κ3) is 3.98. The molecule has 1 N–H and O–H groups in total. The van der Waals surface area contributed by atoms with Crippen molar-refractivity contribution in [1.82, 2.24) is 9.62 Å². The maximum absolute atomic E-state index is 12.9. The van der Waals surface area contributed by atoms with Gasteiger partial charge < -0.3 is 5.32 Å². The normalized spacial score (nSPS) is 20.0. The molecule has 5 nitrogen and oxygen atoms in total. The van der Waals surface area contributed by atoms with Gasteiger partial charge in [0.2, 0.25) is 15.9 Å². The highest BCUT2D eigenvalue weighted by atomic mass is 32.2. The first-order chi connectivity index (χ1) is 11.4. The summed E-state index contributed by atoms with van der Waals surface area (Å²) in [5.41, 5.74) is 1.13. The van der Waals surface area contributed by atoms with E-state index in [9.17, 15) is 13.2 Å². The van der Waals surface area contributed by atoms with Crippen LogP contribution in [0, 0.1) is 0 Å². The largest absolute Gasteiger partial charge is 0.355 e. The summed E-state index contributed by atoms with van der Waals surface area (Å²) < 4.78 is 27.2. The molecule has 0 spiro atoms. The Bertz CT molecular complexity index is 655. The van der Waals surface area contributed by atoms with Crippen LogP contribution >= 0.6 is 0 Å². The van der Waals surface area contributed by atoms with Gasteiger partial charge in [0.15, 0.2) is 0 Å². The van der Waals surface area contributed by atoms with E-state index in [-0.39, 0.29) is 10.8 Å². The molecule has 1 fully saturated rings. The summed E-state index contributed by atoms with van der Waals surface area (Å²) in [4.78, 5) is 12.5. The van der Waals surface area contributed by atoms with E-state index in [0.717, 1.165) is 18.4 Å². The topological polar surface area (TPSA) is 66.5 Å². The molecule has 6 heteroatoms. The van der Waals surface area contributed by atoms with E-state index in [1.165, 1.54) is 4.31 Å². The summed E-state index contributed by atoms with van der Waals surface area (Å²) in [7, 11) is -3.63. The minimum Gasteiger partial charge on any atom is -0.355 e. The highest BCUT2D eigenvalue weighted by molar-refractivity contribution is 7.89. The molecule has 1 aromatic rings. The fourth-order valence-corrected chi connectivity index (χ4v) is 4.65. The van der Waals surface area contributed by atoms with Gasteiger partial charge in [-0.2, -0.15) is 4.31 Å². The Balaban J connectivity index is 2.20. The Morgan fingerprint density at radius 1 is 1.29 bits per heavy atom. The van der Waals surface area contributed by atoms with E-state index < -0.39 is 16.1 Å². The molecule has 1 heterocycles. The number of hydrogen-bond donors (Lipinski definition) is 1. The van der Waals surface area contributed by atoms with Gasteiger partial charge in [0.05, 0.1) is 4.90 Å². The minimum atomic E-state index is -3.63. The standard InChI is InChI=1S/C18H28N2O3S/c1-4-12-19-18(21)17-7-6-13-20(17)24(22,23)16-10-8-15(9-11-16)14(3)5-2/h8-11,14,17H,4-7,12-13H2,1-3H3,(H,19,21). The molecule has 2 rings (SSSR count). The van der Waals surface area contributed by atoms with Gasteiger partial charge in [-0.05, 0) is 49.3 Å². The number of hydrogen-bond acceptors (Lipinski definition) is 3. The molecule has 1 aromatic carbocycles. The zero-order valence-corrected chi connectivity index (χ0v) is 15.6. The lowest BCUT2D eigenvalue weighted by atomic mass is 9.99. The van der Waals surface area contributed by atoms with E-state index in [0.29, 0.717) is 31.8 Å². The second-order valence-corrected chi connectivity index (χ2v) is 8.33. The van der Waals surface area contributed by atoms with Crippen LogP contribution in [-0.4, -0.2) is 37.8 Å². The lowest BCUT2D eigenvalue weighted by molar-refractivity contribution is -0.124. The van der Waals surface area contributed by atoms with Crippen LogP contribution in [0.2, 0.25) is 0 Å². The molecule has 0 bridgehead atoms. The minimum absolute atomic E-state index is 0.186. The summed E-state index contributed by atoms with van der Waals surface area (Å²) >= 11 is 0. The first kappa shape index (κ1) is 18.9. The second-order valence-electron chi connectivity index (χ2n) is 6.44. The van der Waals surface area contributed by atoms with E-state index in [1.807, 2.05) is 19.1 Å². The Hall–Kier alpha value is -1.40. The maximum Gasteiger partial charge on any atom is 0.243 e. The summed E-state index contributed by atoms with van der Waals surface area (Å²) in [5.74, 6) is 0.218. The van der Waals surface area contributed by atoms with Gasteiger partial charge >= 0.3 is 0 Å². The number of nitrogens with one attached hydrogen (secondary N) is 1. The van der Waals surface area contributed by atoms with Crippen LogP contribution in [0.15, 0.2) is 29.2 Å². The Kier molecular flexibility index (Phi) is 6.40. The average Bonchev–Trinajstić information content (AvgIpc) is 3.09. The zero-order chi connectivity index (χ0) is 17.7. The molecule has 0 saturated carbocycles. The van der Waals surface area contributed by atoms with Crippen molar-refractivity contribution < 1.29 is 13.2 Å². The van der Waals surface area contributed by atoms with Gasteiger partial charge in [-0.3, -0.25) is 4.79 Å². The van der Waals surface area contributed by atoms with Crippen LogP contribution < -0.4 is 5.32 Å². The Morgan fingerprint density at radius 2 is 1.96 bits per heavy atom. The number of nitrogens with zero attached hydrogens (tertiary/aromatic N) is 1. The van der Waals surface area contributed by atoms with Gasteiger partial charge in [0, 0.05) is 13.1 Å². The molecule has 1 aliphatic rings. The molecule has 0 radical (unpaired) electrons. The molecular weight excluding hydrogens is 324 g/mol. The molecule has 2 unspecified atom stereocenters. The van der Waals surface area contributed by atoms with Crippen LogP contribution in [0.25, 0.3) is 0 Å². The van der Waals surface area contributed by atoms with Gasteiger partial charge in [0.25, 0.3) is 0 Å². The predicted octanol–water partition coefficient (Wildman–Crippen LogP) is 2.88. The van der Waals surface area contributed by atoms with Gasteiger partial charge in [-0.25, -0.2) is 8.42 Å². The predicted molar refractivity (Wildman–Crippen MR) is 95.4 cm³/mol. The van der Waals surface area contributed by atoms with E-state index in [2.05, 4.69) is 19.2 Å². The van der Waals surface area contributed by atoms with Crippen molar-refractivity contribution in [2.75, 3.05) is 13.1 Å². The number of amides is 1. The molecule has 1 amide bonds. The van der Waals surface area contributed by atoms with Crippen LogP contribution in [0.5, 0.6) is 0 Å². The number of sulfonamides is 1. The quantitative estimate of drug-likeness (QED) is 0.820. The highest BCUT2D eigenvalue weighted by Gasteiger charge is 2.39. The fraction of sp³-hybridized carbons (Fsp3) is 0.611. The first-order valence-electron chi connectivity index (χ1n) is 8.81. The molecule has 134 valence electrons. The van der Waals surface area contributed by atoms with Crippen molar-refractivity contribution >= 4 is 15.9 Å². The molecule has 1 aliphatic heterocycles. The van der Waals surface area contributed by atoms with Crippen LogP contribution in [0.4, 0.5) is 0 Å². The summed E-state index contributed by atoms with van der Waals surface area (Å²) in [5, 5.41) is 2.81. The Morgan fingerprint density at radius 3 is 2.54 bits per heavy atom. The van der Waals surface area contributed by atoms with Crippen molar-refractivity contribution in [3.8, 4) is 0 Å². The van der Waals surface area contributed by atoms with Crippen LogP contribution in [0.1, 0.15) is 57.9 Å². The lowest BCUT2D eigenvalue weighted by Crippen LogP contribution is -2.46. The summed E-state index contributed by atoms with van der Waals surface area (Å²) in [6.45, 7) is 7.19. The molecular formula is C18H28N2O3S. The number of carbonyl (C=O) groups is 1. The lowest BCUT2D eigenvalue weighted by Gasteiger charge is -2.23. The van der Waals surface area contributed by atoms with Crippen molar-refractivity contribution in [2.24, 2.45) is 0 Å². The average molecular weight is 353 g/mol. The van der Waals surface area contributed by atoms with Gasteiger partial charge in [0.1, 0.15) is 6.04 Å². The Labute approximate surface area is 145 Å². The molecule has 2 atom stereocenters. The van der Waals surface area contributed by atoms with Gasteiger partial charge in [-0.1, -0.05) is 32.9 Å². The molecule has 1 saturated heterocycles. The van der Waals surface area contributed by atoms with Crippen molar-refractivity contribution in [2.45, 2.75) is 63.3 Å². The number of benzene rings is 1. The molecule has 24 heavy (non-hydrogen) atoms. The highest BCUT2D eigenvalue weighted by Crippen LogP contribution is 2.27. The third-order valence-electron chi connectivity index (χ3n) is 4.72. The fourth-order valence-electron chi connectivity index (χ4n) is 3.00. The third-order valence-corrected chi connectivity index (χ3v) is 6.65. The smallest absolute Gasteiger partial charge is 0.243 e. The van der Waals surface area contributed by atoms with E-state index in [1.54, 1.807) is 12.1 Å². The van der Waals surface area contributed by atoms with Crippen LogP contribution in [0.3, 0.4) is 0 Å². The summed E-state index contributed by atoms with van der Waals surface area (Å²) in [6.07, 6.45) is 3.15. The zero-order valence-electron chi connectivity index (χ0n) is 14.8. The van der Waals surface area contributed by atoms with Crippen molar-refractivity contribution in [3.05, 3.63) is 29.8 Å². The van der Waals surface area contributed by atoms with Crippen molar-refractivity contribution in [1.29, 1.82) is 0 Å². The monoisotopic (exact) mass is 352 g/mol. The van der Waals surface area contributed by atoms with Crippen LogP contribution in [-0.2, 0) is 14.8 Å². The number of rotatable bonds is 7. The maximum atomic E-state index is 12.9. The van der Waals surface area contributed by atoms with E-state index in [4.69, 9.17) is 0 Å². The van der Waals surface area contributed by atoms with Gasteiger partial charge in [-0.15, -0.1) is 0 Å². The van der Waals surface area contributed by atoms with E-state index >= 15 is 0 Å². The number of carbonyl (C=O) groups excluding carboxylic acids is 1.